The molecular weight excluding hydrogens is 340 g/mol. The van der Waals surface area contributed by atoms with E-state index in [0.29, 0.717) is 6.54 Å². The minimum atomic E-state index is -0.627. The number of hydrogen-bond acceptors (Lipinski definition) is 2. The number of rotatable bonds is 4. The summed E-state index contributed by atoms with van der Waals surface area (Å²) in [5.41, 5.74) is 6.78. The number of nitrogens with one attached hydrogen (secondary N) is 1. The molecule has 112 valence electrons. The minimum absolute atomic E-state index is 0. The monoisotopic (exact) mass is 360 g/mol. The second-order valence-electron chi connectivity index (χ2n) is 5.35. The molecule has 0 saturated heterocycles. The largest absolute Gasteiger partial charge is 0.354 e. The zero-order valence-electron chi connectivity index (χ0n) is 11.5. The van der Waals surface area contributed by atoms with Crippen molar-refractivity contribution < 1.29 is 4.79 Å². The van der Waals surface area contributed by atoms with Crippen LogP contribution in [-0.4, -0.2) is 18.0 Å². The molecule has 0 spiro atoms. The summed E-state index contributed by atoms with van der Waals surface area (Å²) in [4.78, 5) is 12.1. The third-order valence-corrected chi connectivity index (χ3v) is 4.34. The van der Waals surface area contributed by atoms with Crippen molar-refractivity contribution in [3.8, 4) is 0 Å². The highest BCUT2D eigenvalue weighted by atomic mass is 79.9. The first-order valence-corrected chi connectivity index (χ1v) is 7.71. The van der Waals surface area contributed by atoms with Crippen LogP contribution in [-0.2, 0) is 11.2 Å². The molecule has 20 heavy (non-hydrogen) atoms. The van der Waals surface area contributed by atoms with Gasteiger partial charge in [-0.25, -0.2) is 0 Å². The smallest absolute Gasteiger partial charge is 0.240 e. The molecule has 3 N–H and O–H groups in total. The molecule has 3 nitrogen and oxygen atoms in total. The number of halogens is 2. The zero-order valence-corrected chi connectivity index (χ0v) is 13.9. The van der Waals surface area contributed by atoms with Crippen molar-refractivity contribution in [2.45, 2.75) is 44.1 Å². The van der Waals surface area contributed by atoms with Crippen LogP contribution in [0.25, 0.3) is 0 Å². The van der Waals surface area contributed by atoms with Crippen molar-refractivity contribution in [1.29, 1.82) is 0 Å². The van der Waals surface area contributed by atoms with Crippen molar-refractivity contribution in [3.05, 3.63) is 34.3 Å². The fourth-order valence-corrected chi connectivity index (χ4v) is 2.82. The molecule has 0 aromatic heterocycles. The van der Waals surface area contributed by atoms with Crippen LogP contribution in [0.15, 0.2) is 28.7 Å². The van der Waals surface area contributed by atoms with Crippen LogP contribution in [0.5, 0.6) is 0 Å². The van der Waals surface area contributed by atoms with E-state index in [-0.39, 0.29) is 18.3 Å². The average molecular weight is 362 g/mol. The highest BCUT2D eigenvalue weighted by molar-refractivity contribution is 9.10. The molecule has 2 rings (SSSR count). The van der Waals surface area contributed by atoms with E-state index in [9.17, 15) is 4.79 Å². The molecule has 0 unspecified atom stereocenters. The lowest BCUT2D eigenvalue weighted by Crippen LogP contribution is -2.55. The number of benzene rings is 1. The Hall–Kier alpha value is -0.580. The second-order valence-corrected chi connectivity index (χ2v) is 6.26. The molecule has 0 bridgehead atoms. The van der Waals surface area contributed by atoms with Gasteiger partial charge in [0.2, 0.25) is 5.91 Å². The molecule has 0 aliphatic heterocycles. The number of nitrogens with two attached hydrogens (primary N) is 1. The molecule has 0 heterocycles. The fourth-order valence-electron chi connectivity index (χ4n) is 2.56. The molecule has 1 fully saturated rings. The van der Waals surface area contributed by atoms with E-state index in [2.05, 4.69) is 33.4 Å². The maximum atomic E-state index is 12.1. The Morgan fingerprint density at radius 3 is 2.40 bits per heavy atom. The molecule has 1 saturated carbocycles. The fraction of sp³-hybridized carbons (Fsp3) is 0.533. The molecule has 5 heteroatoms. The van der Waals surface area contributed by atoms with Crippen molar-refractivity contribution in [1.82, 2.24) is 5.32 Å². The summed E-state index contributed by atoms with van der Waals surface area (Å²) in [5, 5.41) is 2.98. The van der Waals surface area contributed by atoms with E-state index >= 15 is 0 Å². The van der Waals surface area contributed by atoms with Crippen LogP contribution in [0.4, 0.5) is 0 Å². The van der Waals surface area contributed by atoms with E-state index in [4.69, 9.17) is 5.73 Å². The zero-order chi connectivity index (χ0) is 13.7. The summed E-state index contributed by atoms with van der Waals surface area (Å²) in [7, 11) is 0. The Bertz CT molecular complexity index is 430. The average Bonchev–Trinajstić information content (AvgIpc) is 2.42. The van der Waals surface area contributed by atoms with Gasteiger partial charge in [0.25, 0.3) is 0 Å². The number of carbonyl (C=O) groups excluding carboxylic acids is 1. The van der Waals surface area contributed by atoms with E-state index in [1.165, 1.54) is 12.0 Å². The SMILES string of the molecule is Cl.NC1(C(=O)NCCc2ccc(Br)cc2)CCCCC1. The number of amides is 1. The predicted molar refractivity (Wildman–Crippen MR) is 88.1 cm³/mol. The molecule has 0 radical (unpaired) electrons. The van der Waals surface area contributed by atoms with Crippen LogP contribution in [0, 0.1) is 0 Å². The van der Waals surface area contributed by atoms with Gasteiger partial charge in [0.15, 0.2) is 0 Å². The molecule has 1 aliphatic rings. The minimum Gasteiger partial charge on any atom is -0.354 e. The second kappa shape index (κ2) is 8.01. The van der Waals surface area contributed by atoms with Gasteiger partial charge >= 0.3 is 0 Å². The predicted octanol–water partition coefficient (Wildman–Crippen LogP) is 3.19. The van der Waals surface area contributed by atoms with Crippen molar-refractivity contribution in [3.63, 3.8) is 0 Å². The number of carbonyl (C=O) groups is 1. The maximum absolute atomic E-state index is 12.1. The van der Waals surface area contributed by atoms with Gasteiger partial charge in [-0.05, 0) is 37.0 Å². The number of hydrogen-bond donors (Lipinski definition) is 2. The van der Waals surface area contributed by atoms with Crippen molar-refractivity contribution >= 4 is 34.2 Å². The lowest BCUT2D eigenvalue weighted by molar-refractivity contribution is -0.127. The summed E-state index contributed by atoms with van der Waals surface area (Å²) >= 11 is 3.41. The Labute approximate surface area is 135 Å². The topological polar surface area (TPSA) is 55.1 Å². The van der Waals surface area contributed by atoms with Crippen LogP contribution < -0.4 is 11.1 Å². The Morgan fingerprint density at radius 1 is 1.20 bits per heavy atom. The van der Waals surface area contributed by atoms with Gasteiger partial charge < -0.3 is 11.1 Å². The summed E-state index contributed by atoms with van der Waals surface area (Å²) in [6, 6.07) is 8.16. The quantitative estimate of drug-likeness (QED) is 0.865. The first-order valence-electron chi connectivity index (χ1n) is 6.92. The third-order valence-electron chi connectivity index (χ3n) is 3.81. The summed E-state index contributed by atoms with van der Waals surface area (Å²) in [5.74, 6) is 0.0179. The van der Waals surface area contributed by atoms with Gasteiger partial charge in [0, 0.05) is 11.0 Å². The first-order chi connectivity index (χ1) is 9.10. The lowest BCUT2D eigenvalue weighted by Gasteiger charge is -2.31. The lowest BCUT2D eigenvalue weighted by atomic mass is 9.82. The van der Waals surface area contributed by atoms with Crippen molar-refractivity contribution in [2.24, 2.45) is 5.73 Å². The van der Waals surface area contributed by atoms with Crippen LogP contribution in [0.2, 0.25) is 0 Å². The van der Waals surface area contributed by atoms with Gasteiger partial charge in [-0.3, -0.25) is 4.79 Å². The first kappa shape index (κ1) is 17.5. The molecule has 0 atom stereocenters. The van der Waals surface area contributed by atoms with E-state index in [0.717, 1.165) is 36.6 Å². The van der Waals surface area contributed by atoms with Gasteiger partial charge in [-0.15, -0.1) is 12.4 Å². The summed E-state index contributed by atoms with van der Waals surface area (Å²) in [6.07, 6.45) is 5.81. The van der Waals surface area contributed by atoms with Crippen LogP contribution in [0.1, 0.15) is 37.7 Å². The normalized spacial score (nSPS) is 17.1. The Balaban J connectivity index is 0.00000200. The van der Waals surface area contributed by atoms with Gasteiger partial charge in [-0.2, -0.15) is 0 Å². The molecule has 1 aromatic rings. The van der Waals surface area contributed by atoms with E-state index in [1.807, 2.05) is 12.1 Å². The van der Waals surface area contributed by atoms with Gasteiger partial charge in [-0.1, -0.05) is 47.3 Å². The van der Waals surface area contributed by atoms with Gasteiger partial charge in [0.1, 0.15) is 0 Å². The van der Waals surface area contributed by atoms with Crippen molar-refractivity contribution in [2.75, 3.05) is 6.54 Å². The van der Waals surface area contributed by atoms with E-state index < -0.39 is 5.54 Å². The summed E-state index contributed by atoms with van der Waals surface area (Å²) in [6.45, 7) is 0.652. The standard InChI is InChI=1S/C15H21BrN2O.ClH/c16-13-6-4-12(5-7-13)8-11-18-14(19)15(17)9-2-1-3-10-15;/h4-7H,1-3,8-11,17H2,(H,18,19);1H. The molecular formula is C15H22BrClN2O. The highest BCUT2D eigenvalue weighted by Crippen LogP contribution is 2.25. The van der Waals surface area contributed by atoms with Crippen LogP contribution >= 0.6 is 28.3 Å². The molecule has 1 aromatic carbocycles. The Morgan fingerprint density at radius 2 is 1.80 bits per heavy atom. The van der Waals surface area contributed by atoms with E-state index in [1.54, 1.807) is 0 Å². The molecule has 1 aliphatic carbocycles. The van der Waals surface area contributed by atoms with Crippen LogP contribution in [0.3, 0.4) is 0 Å². The third kappa shape index (κ3) is 4.76. The van der Waals surface area contributed by atoms with Gasteiger partial charge in [0.05, 0.1) is 5.54 Å². The molecule has 1 amide bonds. The highest BCUT2D eigenvalue weighted by Gasteiger charge is 2.34. The summed E-state index contributed by atoms with van der Waals surface area (Å²) < 4.78 is 1.07. The maximum Gasteiger partial charge on any atom is 0.240 e. The Kier molecular flexibility index (Phi) is 7.00.